The van der Waals surface area contributed by atoms with Crippen LogP contribution in [0.15, 0.2) is 4.99 Å². The highest BCUT2D eigenvalue weighted by Gasteiger charge is 2.23. The largest absolute Gasteiger partial charge is 0.444 e. The van der Waals surface area contributed by atoms with Crippen molar-refractivity contribution in [2.75, 3.05) is 20.1 Å². The minimum absolute atomic E-state index is 0. The standard InChI is InChI=1S/C19H35N5O2S.HI/c1-13(2)24(18(25)26-19(5,6)7)11-9-10-21-17(20-8)22-12-16-23-14(3)15(4)27-16;/h13H,9-12H2,1-8H3,(H2,20,21,22);1H. The van der Waals surface area contributed by atoms with Crippen LogP contribution in [0.5, 0.6) is 0 Å². The van der Waals surface area contributed by atoms with Gasteiger partial charge in [-0.2, -0.15) is 0 Å². The Bertz CT molecular complexity index is 621. The summed E-state index contributed by atoms with van der Waals surface area (Å²) in [4.78, 5) is 24.1. The summed E-state index contributed by atoms with van der Waals surface area (Å²) in [6, 6.07) is 0.0914. The molecule has 0 aromatic carbocycles. The maximum absolute atomic E-state index is 12.3. The molecule has 162 valence electrons. The number of halogens is 1. The zero-order valence-electron chi connectivity index (χ0n) is 18.4. The van der Waals surface area contributed by atoms with Gasteiger partial charge in [0, 0.05) is 31.1 Å². The molecule has 2 N–H and O–H groups in total. The van der Waals surface area contributed by atoms with Crippen molar-refractivity contribution in [1.29, 1.82) is 0 Å². The summed E-state index contributed by atoms with van der Waals surface area (Å²) in [7, 11) is 1.74. The summed E-state index contributed by atoms with van der Waals surface area (Å²) >= 11 is 1.70. The van der Waals surface area contributed by atoms with Gasteiger partial charge in [0.15, 0.2) is 5.96 Å². The van der Waals surface area contributed by atoms with E-state index in [1.54, 1.807) is 23.3 Å². The van der Waals surface area contributed by atoms with Crippen LogP contribution in [0.4, 0.5) is 4.79 Å². The van der Waals surface area contributed by atoms with Crippen molar-refractivity contribution in [3.05, 3.63) is 15.6 Å². The second-order valence-electron chi connectivity index (χ2n) is 7.72. The average Bonchev–Trinajstić information content (AvgIpc) is 2.86. The van der Waals surface area contributed by atoms with Crippen molar-refractivity contribution >= 4 is 47.4 Å². The third kappa shape index (κ3) is 9.90. The molecule has 0 saturated heterocycles. The topological polar surface area (TPSA) is 78.9 Å². The number of carbonyl (C=O) groups is 1. The van der Waals surface area contributed by atoms with Gasteiger partial charge in [-0.1, -0.05) is 0 Å². The molecule has 1 rings (SSSR count). The monoisotopic (exact) mass is 525 g/mol. The molecule has 0 atom stereocenters. The zero-order chi connectivity index (χ0) is 20.6. The number of carbonyl (C=O) groups excluding carboxylic acids is 1. The number of guanidine groups is 1. The molecule has 0 fully saturated rings. The predicted octanol–water partition coefficient (Wildman–Crippen LogP) is 4.08. The van der Waals surface area contributed by atoms with E-state index in [0.717, 1.165) is 23.1 Å². The van der Waals surface area contributed by atoms with Gasteiger partial charge in [-0.15, -0.1) is 35.3 Å². The quantitative estimate of drug-likeness (QED) is 0.243. The fourth-order valence-corrected chi connectivity index (χ4v) is 3.21. The lowest BCUT2D eigenvalue weighted by molar-refractivity contribution is 0.0190. The van der Waals surface area contributed by atoms with Crippen LogP contribution in [0.1, 0.15) is 56.6 Å². The molecule has 0 aliphatic heterocycles. The van der Waals surface area contributed by atoms with Crippen molar-refractivity contribution in [2.45, 2.75) is 73.1 Å². The molecule has 1 aromatic heterocycles. The molecule has 1 heterocycles. The summed E-state index contributed by atoms with van der Waals surface area (Å²) in [6.07, 6.45) is 0.530. The molecule has 0 unspecified atom stereocenters. The number of aryl methyl sites for hydroxylation is 2. The average molecular weight is 526 g/mol. The van der Waals surface area contributed by atoms with Crippen molar-refractivity contribution in [3.8, 4) is 0 Å². The number of nitrogens with one attached hydrogen (secondary N) is 2. The molecule has 7 nitrogen and oxygen atoms in total. The molecule has 9 heteroatoms. The Morgan fingerprint density at radius 2 is 1.93 bits per heavy atom. The summed E-state index contributed by atoms with van der Waals surface area (Å²) in [5.74, 6) is 0.730. The number of rotatable bonds is 7. The molecule has 0 saturated carbocycles. The van der Waals surface area contributed by atoms with E-state index in [2.05, 4.69) is 27.5 Å². The van der Waals surface area contributed by atoms with Crippen molar-refractivity contribution in [2.24, 2.45) is 4.99 Å². The number of hydrogen-bond acceptors (Lipinski definition) is 5. The zero-order valence-corrected chi connectivity index (χ0v) is 21.5. The fraction of sp³-hybridized carbons (Fsp3) is 0.737. The molecular weight excluding hydrogens is 489 g/mol. The Balaban J connectivity index is 0.00000729. The molecule has 1 amide bonds. The van der Waals surface area contributed by atoms with Crippen LogP contribution in [0, 0.1) is 13.8 Å². The fourth-order valence-electron chi connectivity index (χ4n) is 2.33. The first kappa shape index (κ1) is 26.9. The number of aromatic nitrogens is 1. The second-order valence-corrected chi connectivity index (χ2v) is 9.01. The third-order valence-electron chi connectivity index (χ3n) is 3.82. The summed E-state index contributed by atoms with van der Waals surface area (Å²) in [5.41, 5.74) is 0.594. The lowest BCUT2D eigenvalue weighted by atomic mass is 10.2. The minimum Gasteiger partial charge on any atom is -0.444 e. The minimum atomic E-state index is -0.485. The Kier molecular flexibility index (Phi) is 12.0. The van der Waals surface area contributed by atoms with Gasteiger partial charge in [-0.05, 0) is 54.9 Å². The summed E-state index contributed by atoms with van der Waals surface area (Å²) in [5, 5.41) is 7.60. The van der Waals surface area contributed by atoms with Crippen LogP contribution >= 0.6 is 35.3 Å². The van der Waals surface area contributed by atoms with Crippen LogP contribution in [-0.4, -0.2) is 53.7 Å². The molecule has 0 aliphatic rings. The van der Waals surface area contributed by atoms with Crippen molar-refractivity contribution < 1.29 is 9.53 Å². The van der Waals surface area contributed by atoms with Gasteiger partial charge in [-0.25, -0.2) is 9.78 Å². The van der Waals surface area contributed by atoms with E-state index in [-0.39, 0.29) is 36.1 Å². The number of amides is 1. The smallest absolute Gasteiger partial charge is 0.410 e. The predicted molar refractivity (Wildman–Crippen MR) is 128 cm³/mol. The van der Waals surface area contributed by atoms with E-state index < -0.39 is 5.60 Å². The summed E-state index contributed by atoms with van der Waals surface area (Å²) in [6.45, 7) is 15.7. The first-order valence-corrected chi connectivity index (χ1v) is 10.2. The van der Waals surface area contributed by atoms with E-state index >= 15 is 0 Å². The lowest BCUT2D eigenvalue weighted by Crippen LogP contribution is -2.43. The highest BCUT2D eigenvalue weighted by molar-refractivity contribution is 14.0. The van der Waals surface area contributed by atoms with Gasteiger partial charge in [0.2, 0.25) is 0 Å². The van der Waals surface area contributed by atoms with E-state index in [9.17, 15) is 4.79 Å². The number of aliphatic imine (C=N–C) groups is 1. The lowest BCUT2D eigenvalue weighted by Gasteiger charge is -2.30. The molecule has 0 aliphatic carbocycles. The van der Waals surface area contributed by atoms with Gasteiger partial charge in [0.05, 0.1) is 12.2 Å². The van der Waals surface area contributed by atoms with E-state index in [4.69, 9.17) is 4.74 Å². The number of nitrogens with zero attached hydrogens (tertiary/aromatic N) is 3. The van der Waals surface area contributed by atoms with Gasteiger partial charge < -0.3 is 20.3 Å². The van der Waals surface area contributed by atoms with Gasteiger partial charge in [0.1, 0.15) is 10.6 Å². The Morgan fingerprint density at radius 3 is 2.39 bits per heavy atom. The second kappa shape index (κ2) is 12.5. The molecule has 0 spiro atoms. The number of hydrogen-bond donors (Lipinski definition) is 2. The van der Waals surface area contributed by atoms with Crippen LogP contribution in [0.25, 0.3) is 0 Å². The highest BCUT2D eigenvalue weighted by Crippen LogP contribution is 2.16. The van der Waals surface area contributed by atoms with E-state index in [1.165, 1.54) is 4.88 Å². The Hall–Kier alpha value is -1.10. The maximum Gasteiger partial charge on any atom is 0.410 e. The normalized spacial score (nSPS) is 11.8. The van der Waals surface area contributed by atoms with E-state index in [0.29, 0.717) is 19.6 Å². The maximum atomic E-state index is 12.3. The molecule has 28 heavy (non-hydrogen) atoms. The van der Waals surface area contributed by atoms with Gasteiger partial charge in [0.25, 0.3) is 0 Å². The third-order valence-corrected chi connectivity index (χ3v) is 4.90. The SMILES string of the molecule is CN=C(NCCCN(C(=O)OC(C)(C)C)C(C)C)NCc1nc(C)c(C)s1.I. The number of ether oxygens (including phenoxy) is 1. The van der Waals surface area contributed by atoms with Crippen LogP contribution in [-0.2, 0) is 11.3 Å². The van der Waals surface area contributed by atoms with Crippen LogP contribution in [0.2, 0.25) is 0 Å². The molecular formula is C19H36IN5O2S. The molecule has 0 bridgehead atoms. The van der Waals surface area contributed by atoms with Crippen molar-refractivity contribution in [1.82, 2.24) is 20.5 Å². The van der Waals surface area contributed by atoms with Crippen LogP contribution < -0.4 is 10.6 Å². The first-order valence-electron chi connectivity index (χ1n) is 9.40. The van der Waals surface area contributed by atoms with Crippen LogP contribution in [0.3, 0.4) is 0 Å². The first-order chi connectivity index (χ1) is 12.5. The van der Waals surface area contributed by atoms with E-state index in [1.807, 2.05) is 41.5 Å². The number of thiazole rings is 1. The van der Waals surface area contributed by atoms with Gasteiger partial charge in [-0.3, -0.25) is 4.99 Å². The Labute approximate surface area is 190 Å². The summed E-state index contributed by atoms with van der Waals surface area (Å²) < 4.78 is 5.48. The van der Waals surface area contributed by atoms with Gasteiger partial charge >= 0.3 is 6.09 Å². The Morgan fingerprint density at radius 1 is 1.29 bits per heavy atom. The molecule has 0 radical (unpaired) electrons. The highest BCUT2D eigenvalue weighted by atomic mass is 127. The van der Waals surface area contributed by atoms with Crippen molar-refractivity contribution in [3.63, 3.8) is 0 Å². The molecule has 1 aromatic rings.